The van der Waals surface area contributed by atoms with Gasteiger partial charge in [0.25, 0.3) is 0 Å². The number of para-hydroxylation sites is 1. The number of nitrogens with zero attached hydrogens (tertiary/aromatic N) is 2. The first-order valence-corrected chi connectivity index (χ1v) is 6.25. The molecule has 0 aliphatic carbocycles. The van der Waals surface area contributed by atoms with Crippen molar-refractivity contribution in [1.29, 1.82) is 0 Å². The molecular formula is C12H11N3OS. The number of aromatic nitrogens is 2. The lowest BCUT2D eigenvalue weighted by molar-refractivity contribution is 0.630. The largest absolute Gasteiger partial charge is 0.453 e. The zero-order valence-corrected chi connectivity index (χ0v) is 10.1. The van der Waals surface area contributed by atoms with Crippen LogP contribution in [0.2, 0.25) is 0 Å². The normalized spacial score (nSPS) is 10.9. The van der Waals surface area contributed by atoms with Crippen LogP contribution in [0.25, 0.3) is 21.7 Å². The number of furan rings is 1. The SMILES string of the molecule is CCNc1nnc(-c2cc3ccccc3o2)s1. The van der Waals surface area contributed by atoms with Crippen molar-refractivity contribution in [2.45, 2.75) is 6.92 Å². The fourth-order valence-electron chi connectivity index (χ4n) is 1.63. The summed E-state index contributed by atoms with van der Waals surface area (Å²) in [5.41, 5.74) is 0.878. The van der Waals surface area contributed by atoms with Gasteiger partial charge in [0.2, 0.25) is 5.13 Å². The lowest BCUT2D eigenvalue weighted by atomic mass is 10.2. The van der Waals surface area contributed by atoms with Crippen LogP contribution in [0.15, 0.2) is 34.7 Å². The second kappa shape index (κ2) is 4.18. The van der Waals surface area contributed by atoms with Crippen molar-refractivity contribution in [3.63, 3.8) is 0 Å². The Bertz CT molecular complexity index is 611. The van der Waals surface area contributed by atoms with Crippen molar-refractivity contribution < 1.29 is 4.42 Å². The van der Waals surface area contributed by atoms with Gasteiger partial charge < -0.3 is 9.73 Å². The van der Waals surface area contributed by atoms with Crippen molar-refractivity contribution in [2.24, 2.45) is 0 Å². The summed E-state index contributed by atoms with van der Waals surface area (Å²) in [7, 11) is 0. The van der Waals surface area contributed by atoms with Gasteiger partial charge >= 0.3 is 0 Å². The van der Waals surface area contributed by atoms with Crippen LogP contribution in [-0.4, -0.2) is 16.7 Å². The van der Waals surface area contributed by atoms with Gasteiger partial charge in [-0.25, -0.2) is 0 Å². The topological polar surface area (TPSA) is 51.0 Å². The quantitative estimate of drug-likeness (QED) is 0.768. The van der Waals surface area contributed by atoms with Crippen LogP contribution in [0.4, 0.5) is 5.13 Å². The van der Waals surface area contributed by atoms with Crippen molar-refractivity contribution in [3.05, 3.63) is 30.3 Å². The maximum Gasteiger partial charge on any atom is 0.206 e. The molecule has 5 heteroatoms. The summed E-state index contributed by atoms with van der Waals surface area (Å²) < 4.78 is 5.73. The standard InChI is InChI=1S/C12H11N3OS/c1-2-13-12-15-14-11(17-12)10-7-8-5-3-4-6-9(8)16-10/h3-7H,2H2,1H3,(H,13,15). The minimum Gasteiger partial charge on any atom is -0.453 e. The molecular weight excluding hydrogens is 234 g/mol. The van der Waals surface area contributed by atoms with E-state index >= 15 is 0 Å². The number of fused-ring (bicyclic) bond motifs is 1. The highest BCUT2D eigenvalue weighted by atomic mass is 32.1. The molecule has 0 spiro atoms. The Balaban J connectivity index is 2.01. The van der Waals surface area contributed by atoms with Crippen molar-refractivity contribution in [2.75, 3.05) is 11.9 Å². The van der Waals surface area contributed by atoms with E-state index in [0.717, 1.165) is 33.4 Å². The van der Waals surface area contributed by atoms with Crippen LogP contribution in [-0.2, 0) is 0 Å². The van der Waals surface area contributed by atoms with E-state index in [0.29, 0.717) is 0 Å². The number of hydrogen-bond donors (Lipinski definition) is 1. The Morgan fingerprint density at radius 3 is 3.00 bits per heavy atom. The van der Waals surface area contributed by atoms with Gasteiger partial charge in [-0.3, -0.25) is 0 Å². The smallest absolute Gasteiger partial charge is 0.206 e. The lowest BCUT2D eigenvalue weighted by Gasteiger charge is -1.91. The summed E-state index contributed by atoms with van der Waals surface area (Å²) in [4.78, 5) is 0. The van der Waals surface area contributed by atoms with Gasteiger partial charge in [-0.05, 0) is 19.1 Å². The molecule has 86 valence electrons. The molecule has 0 saturated carbocycles. The Hall–Kier alpha value is -1.88. The fraction of sp³-hybridized carbons (Fsp3) is 0.167. The van der Waals surface area contributed by atoms with Crippen LogP contribution >= 0.6 is 11.3 Å². The van der Waals surface area contributed by atoms with Crippen LogP contribution in [0.1, 0.15) is 6.92 Å². The predicted octanol–water partition coefficient (Wildman–Crippen LogP) is 3.38. The van der Waals surface area contributed by atoms with Crippen molar-refractivity contribution in [1.82, 2.24) is 10.2 Å². The van der Waals surface area contributed by atoms with Gasteiger partial charge in [-0.2, -0.15) is 0 Å². The second-order valence-corrected chi connectivity index (χ2v) is 4.57. The number of hydrogen-bond acceptors (Lipinski definition) is 5. The Labute approximate surface area is 102 Å². The average molecular weight is 245 g/mol. The molecule has 0 aliphatic rings. The molecule has 0 fully saturated rings. The molecule has 4 nitrogen and oxygen atoms in total. The summed E-state index contributed by atoms with van der Waals surface area (Å²) in [6.07, 6.45) is 0. The first-order valence-electron chi connectivity index (χ1n) is 5.43. The number of nitrogens with one attached hydrogen (secondary N) is 1. The monoisotopic (exact) mass is 245 g/mol. The van der Waals surface area contributed by atoms with E-state index in [1.54, 1.807) is 0 Å². The average Bonchev–Trinajstić information content (AvgIpc) is 2.94. The summed E-state index contributed by atoms with van der Waals surface area (Å²) in [6, 6.07) is 9.91. The minimum absolute atomic E-state index is 0.771. The third-order valence-electron chi connectivity index (χ3n) is 2.39. The number of anilines is 1. The van der Waals surface area contributed by atoms with E-state index in [-0.39, 0.29) is 0 Å². The third-order valence-corrected chi connectivity index (χ3v) is 3.28. The van der Waals surface area contributed by atoms with Gasteiger partial charge in [0.15, 0.2) is 10.8 Å². The Morgan fingerprint density at radius 2 is 2.18 bits per heavy atom. The molecule has 0 amide bonds. The van der Waals surface area contributed by atoms with Gasteiger partial charge in [0.1, 0.15) is 5.58 Å². The number of rotatable bonds is 3. The maximum atomic E-state index is 5.73. The second-order valence-electron chi connectivity index (χ2n) is 3.59. The predicted molar refractivity (Wildman–Crippen MR) is 69.3 cm³/mol. The van der Waals surface area contributed by atoms with E-state index in [9.17, 15) is 0 Å². The van der Waals surface area contributed by atoms with Gasteiger partial charge in [0.05, 0.1) is 0 Å². The first kappa shape index (κ1) is 10.3. The molecule has 0 saturated heterocycles. The van der Waals surface area contributed by atoms with Crippen molar-refractivity contribution >= 4 is 27.4 Å². The maximum absolute atomic E-state index is 5.73. The molecule has 3 rings (SSSR count). The van der Waals surface area contributed by atoms with Crippen LogP contribution in [0, 0.1) is 0 Å². The zero-order valence-electron chi connectivity index (χ0n) is 9.30. The van der Waals surface area contributed by atoms with Crippen LogP contribution in [0.3, 0.4) is 0 Å². The molecule has 1 aromatic carbocycles. The summed E-state index contributed by atoms with van der Waals surface area (Å²) in [5.74, 6) is 0.771. The van der Waals surface area contributed by atoms with E-state index in [4.69, 9.17) is 4.42 Å². The Kier molecular flexibility index (Phi) is 2.53. The molecule has 2 heterocycles. The minimum atomic E-state index is 0.771. The summed E-state index contributed by atoms with van der Waals surface area (Å²) in [6.45, 7) is 2.87. The molecule has 2 aromatic heterocycles. The third kappa shape index (κ3) is 1.89. The summed E-state index contributed by atoms with van der Waals surface area (Å²) >= 11 is 1.50. The van der Waals surface area contributed by atoms with Crippen LogP contribution in [0.5, 0.6) is 0 Å². The molecule has 0 aliphatic heterocycles. The fourth-order valence-corrected chi connectivity index (χ4v) is 2.40. The van der Waals surface area contributed by atoms with Gasteiger partial charge in [-0.15, -0.1) is 10.2 Å². The zero-order chi connectivity index (χ0) is 11.7. The van der Waals surface area contributed by atoms with Gasteiger partial charge in [-0.1, -0.05) is 29.5 Å². The molecule has 0 atom stereocenters. The molecule has 3 aromatic rings. The highest BCUT2D eigenvalue weighted by molar-refractivity contribution is 7.18. The van der Waals surface area contributed by atoms with E-state index in [1.165, 1.54) is 11.3 Å². The number of benzene rings is 1. The van der Waals surface area contributed by atoms with Gasteiger partial charge in [0, 0.05) is 11.9 Å². The first-order chi connectivity index (χ1) is 8.36. The molecule has 1 N–H and O–H groups in total. The van der Waals surface area contributed by atoms with Crippen LogP contribution < -0.4 is 5.32 Å². The van der Waals surface area contributed by atoms with Crippen molar-refractivity contribution in [3.8, 4) is 10.8 Å². The van der Waals surface area contributed by atoms with E-state index in [1.807, 2.05) is 37.3 Å². The molecule has 17 heavy (non-hydrogen) atoms. The Morgan fingerprint density at radius 1 is 1.29 bits per heavy atom. The van der Waals surface area contributed by atoms with E-state index < -0.39 is 0 Å². The molecule has 0 radical (unpaired) electrons. The van der Waals surface area contributed by atoms with E-state index in [2.05, 4.69) is 15.5 Å². The molecule has 0 unspecified atom stereocenters. The lowest BCUT2D eigenvalue weighted by Crippen LogP contribution is -1.94. The highest BCUT2D eigenvalue weighted by Gasteiger charge is 2.11. The summed E-state index contributed by atoms with van der Waals surface area (Å²) in [5, 5.41) is 14.0. The molecule has 0 bridgehead atoms. The highest BCUT2D eigenvalue weighted by Crippen LogP contribution is 2.31.